The second-order valence-electron chi connectivity index (χ2n) is 2.42. The third-order valence-corrected chi connectivity index (χ3v) is 2.20. The number of hydrogen-bond acceptors (Lipinski definition) is 6. The van der Waals surface area contributed by atoms with Gasteiger partial charge in [0, 0.05) is 18.8 Å². The Morgan fingerprint density at radius 2 is 2.13 bits per heavy atom. The molecule has 0 aliphatic heterocycles. The van der Waals surface area contributed by atoms with Crippen LogP contribution in [0.25, 0.3) is 0 Å². The zero-order chi connectivity index (χ0) is 11.7. The van der Waals surface area contributed by atoms with Crippen molar-refractivity contribution in [2.75, 3.05) is 18.6 Å². The fourth-order valence-corrected chi connectivity index (χ4v) is 1.30. The van der Waals surface area contributed by atoms with Crippen molar-refractivity contribution in [1.82, 2.24) is 9.97 Å². The van der Waals surface area contributed by atoms with E-state index in [1.165, 1.54) is 0 Å². The predicted octanol–water partition coefficient (Wildman–Crippen LogP) is 1.22. The maximum absolute atomic E-state index is 8.12. The summed E-state index contributed by atoms with van der Waals surface area (Å²) in [6, 6.07) is 0. The molecule has 0 bridgehead atoms. The molecule has 0 saturated heterocycles. The Labute approximate surface area is 92.7 Å². The number of carbonyl (C=O) groups excluding carboxylic acids is 2. The first-order valence-electron chi connectivity index (χ1n) is 4.30. The Bertz CT molecular complexity index is 338. The van der Waals surface area contributed by atoms with Crippen LogP contribution in [-0.4, -0.2) is 29.4 Å². The lowest BCUT2D eigenvalue weighted by Crippen LogP contribution is -2.00. The molecule has 0 aliphatic rings. The Kier molecular flexibility index (Phi) is 7.23. The van der Waals surface area contributed by atoms with E-state index in [0.29, 0.717) is 0 Å². The monoisotopic (exact) mass is 227 g/mol. The molecule has 0 aromatic carbocycles. The summed E-state index contributed by atoms with van der Waals surface area (Å²) in [5.74, 6) is 0.942. The molecule has 0 radical (unpaired) electrons. The number of aromatic nitrogens is 2. The lowest BCUT2D eigenvalue weighted by atomic mass is 10.2. The van der Waals surface area contributed by atoms with Crippen LogP contribution in [0.2, 0.25) is 0 Å². The molecule has 82 valence electrons. The second kappa shape index (κ2) is 7.96. The SMILES string of the molecule is CCc1cnc(SC)nc1NC.O=C=O. The molecule has 0 saturated carbocycles. The number of thioether (sulfide) groups is 1. The fourth-order valence-electron chi connectivity index (χ4n) is 0.964. The minimum absolute atomic E-state index is 0.250. The molecule has 15 heavy (non-hydrogen) atoms. The minimum atomic E-state index is 0.250. The Morgan fingerprint density at radius 3 is 2.53 bits per heavy atom. The van der Waals surface area contributed by atoms with Crippen molar-refractivity contribution in [3.63, 3.8) is 0 Å². The van der Waals surface area contributed by atoms with E-state index in [2.05, 4.69) is 22.2 Å². The quantitative estimate of drug-likeness (QED) is 0.618. The number of hydrogen-bond donors (Lipinski definition) is 1. The highest BCUT2D eigenvalue weighted by Gasteiger charge is 2.02. The van der Waals surface area contributed by atoms with Crippen LogP contribution < -0.4 is 5.32 Å². The predicted molar refractivity (Wildman–Crippen MR) is 57.7 cm³/mol. The first-order valence-corrected chi connectivity index (χ1v) is 5.52. The van der Waals surface area contributed by atoms with Crippen LogP contribution in [0.5, 0.6) is 0 Å². The summed E-state index contributed by atoms with van der Waals surface area (Å²) >= 11 is 1.56. The van der Waals surface area contributed by atoms with E-state index in [1.807, 2.05) is 19.5 Å². The molecule has 1 rings (SSSR count). The highest BCUT2D eigenvalue weighted by atomic mass is 32.2. The lowest BCUT2D eigenvalue weighted by Gasteiger charge is -2.05. The van der Waals surface area contributed by atoms with Gasteiger partial charge in [0.15, 0.2) is 5.16 Å². The van der Waals surface area contributed by atoms with Gasteiger partial charge < -0.3 is 5.32 Å². The summed E-state index contributed by atoms with van der Waals surface area (Å²) in [5.41, 5.74) is 1.16. The zero-order valence-corrected chi connectivity index (χ0v) is 9.72. The number of nitrogens with one attached hydrogen (secondary N) is 1. The van der Waals surface area contributed by atoms with Crippen LogP contribution in [0.1, 0.15) is 12.5 Å². The Hall–Kier alpha value is -1.39. The third-order valence-electron chi connectivity index (χ3n) is 1.64. The van der Waals surface area contributed by atoms with Gasteiger partial charge in [-0.05, 0) is 12.7 Å². The van der Waals surface area contributed by atoms with Gasteiger partial charge in [0.2, 0.25) is 0 Å². The highest BCUT2D eigenvalue weighted by Crippen LogP contribution is 2.15. The van der Waals surface area contributed by atoms with E-state index < -0.39 is 0 Å². The van der Waals surface area contributed by atoms with Gasteiger partial charge >= 0.3 is 6.15 Å². The van der Waals surface area contributed by atoms with Crippen molar-refractivity contribution >= 4 is 23.7 Å². The molecule has 1 heterocycles. The molecule has 0 unspecified atom stereocenters. The molecule has 0 amide bonds. The minimum Gasteiger partial charge on any atom is -0.373 e. The van der Waals surface area contributed by atoms with Crippen LogP contribution in [0.4, 0.5) is 5.82 Å². The topological polar surface area (TPSA) is 72.0 Å². The molecule has 1 aromatic rings. The lowest BCUT2D eigenvalue weighted by molar-refractivity contribution is -0.191. The summed E-state index contributed by atoms with van der Waals surface area (Å²) < 4.78 is 0. The van der Waals surface area contributed by atoms with Gasteiger partial charge in [-0.15, -0.1) is 0 Å². The van der Waals surface area contributed by atoms with Crippen LogP contribution in [0.3, 0.4) is 0 Å². The van der Waals surface area contributed by atoms with E-state index in [9.17, 15) is 0 Å². The van der Waals surface area contributed by atoms with Gasteiger partial charge in [0.05, 0.1) is 0 Å². The zero-order valence-electron chi connectivity index (χ0n) is 8.90. The number of aryl methyl sites for hydroxylation is 1. The normalized spacial score (nSPS) is 8.47. The van der Waals surface area contributed by atoms with Crippen molar-refractivity contribution in [2.24, 2.45) is 0 Å². The van der Waals surface area contributed by atoms with Crippen molar-refractivity contribution in [1.29, 1.82) is 0 Å². The van der Waals surface area contributed by atoms with Crippen molar-refractivity contribution in [3.8, 4) is 0 Å². The van der Waals surface area contributed by atoms with E-state index in [-0.39, 0.29) is 6.15 Å². The highest BCUT2D eigenvalue weighted by molar-refractivity contribution is 7.98. The average molecular weight is 227 g/mol. The van der Waals surface area contributed by atoms with Crippen LogP contribution in [0, 0.1) is 0 Å². The van der Waals surface area contributed by atoms with Gasteiger partial charge in [-0.1, -0.05) is 18.7 Å². The molecule has 1 N–H and O–H groups in total. The molecule has 0 atom stereocenters. The summed E-state index contributed by atoms with van der Waals surface area (Å²) in [7, 11) is 1.88. The van der Waals surface area contributed by atoms with Gasteiger partial charge in [0.1, 0.15) is 5.82 Å². The maximum Gasteiger partial charge on any atom is 0.373 e. The standard InChI is InChI=1S/C8H13N3S.CO2/c1-4-6-5-10-8(12-3)11-7(6)9-2;2-1-3/h5H,4H2,1-3H3,(H,9,10,11);. The summed E-state index contributed by atoms with van der Waals surface area (Å²) in [4.78, 5) is 24.8. The van der Waals surface area contributed by atoms with Gasteiger partial charge in [0.25, 0.3) is 0 Å². The van der Waals surface area contributed by atoms with Crippen LogP contribution >= 0.6 is 11.8 Å². The van der Waals surface area contributed by atoms with E-state index in [0.717, 1.165) is 23.0 Å². The number of rotatable bonds is 3. The number of anilines is 1. The van der Waals surface area contributed by atoms with Gasteiger partial charge in [-0.25, -0.2) is 9.97 Å². The largest absolute Gasteiger partial charge is 0.373 e. The van der Waals surface area contributed by atoms with E-state index in [4.69, 9.17) is 9.59 Å². The molecule has 5 nitrogen and oxygen atoms in total. The first kappa shape index (κ1) is 13.6. The van der Waals surface area contributed by atoms with Crippen molar-refractivity contribution < 1.29 is 9.59 Å². The molecular formula is C9H13N3O2S. The molecule has 6 heteroatoms. The molecule has 0 spiro atoms. The molecule has 0 fully saturated rings. The molecule has 0 aliphatic carbocycles. The van der Waals surface area contributed by atoms with Crippen molar-refractivity contribution in [2.45, 2.75) is 18.5 Å². The van der Waals surface area contributed by atoms with E-state index in [1.54, 1.807) is 11.8 Å². The Balaban J connectivity index is 0.000000583. The second-order valence-corrected chi connectivity index (χ2v) is 3.19. The van der Waals surface area contributed by atoms with Gasteiger partial charge in [-0.3, -0.25) is 0 Å². The summed E-state index contributed by atoms with van der Waals surface area (Å²) in [6.07, 6.45) is 5.07. The fraction of sp³-hybridized carbons (Fsp3) is 0.444. The molecular weight excluding hydrogens is 214 g/mol. The first-order chi connectivity index (χ1) is 7.23. The Morgan fingerprint density at radius 1 is 1.53 bits per heavy atom. The van der Waals surface area contributed by atoms with Crippen molar-refractivity contribution in [3.05, 3.63) is 11.8 Å². The van der Waals surface area contributed by atoms with Crippen LogP contribution in [0.15, 0.2) is 11.4 Å². The van der Waals surface area contributed by atoms with Crippen LogP contribution in [-0.2, 0) is 16.0 Å². The average Bonchev–Trinajstić information content (AvgIpc) is 2.29. The maximum atomic E-state index is 8.12. The number of nitrogens with zero attached hydrogens (tertiary/aromatic N) is 2. The molecule has 1 aromatic heterocycles. The van der Waals surface area contributed by atoms with Gasteiger partial charge in [-0.2, -0.15) is 9.59 Å². The summed E-state index contributed by atoms with van der Waals surface area (Å²) in [5, 5.41) is 3.87. The third kappa shape index (κ3) is 4.58. The van der Waals surface area contributed by atoms with E-state index >= 15 is 0 Å². The summed E-state index contributed by atoms with van der Waals surface area (Å²) in [6.45, 7) is 2.10. The smallest absolute Gasteiger partial charge is 0.373 e.